The second kappa shape index (κ2) is 8.39. The molecule has 0 amide bonds. The first-order valence-corrected chi connectivity index (χ1v) is 9.25. The molecule has 132 valence electrons. The Balaban J connectivity index is 2.29. The molecule has 0 bridgehead atoms. The monoisotopic (exact) mass is 351 g/mol. The molecule has 2 N–H and O–H groups in total. The molecule has 2 aromatic rings. The van der Waals surface area contributed by atoms with Crippen molar-refractivity contribution in [1.29, 1.82) is 0 Å². The molecule has 24 heavy (non-hydrogen) atoms. The van der Waals surface area contributed by atoms with Crippen molar-refractivity contribution in [3.05, 3.63) is 26.6 Å². The second-order valence-corrected chi connectivity index (χ2v) is 6.79. The van der Waals surface area contributed by atoms with E-state index in [0.717, 1.165) is 13.0 Å². The fraction of sp³-hybridized carbons (Fsp3) is 0.588. The van der Waals surface area contributed by atoms with Gasteiger partial charge < -0.3 is 15.0 Å². The Morgan fingerprint density at radius 3 is 2.79 bits per heavy atom. The molecule has 6 nitrogen and oxygen atoms in total. The third-order valence-corrected chi connectivity index (χ3v) is 5.09. The number of H-pyrrole nitrogens is 1. The van der Waals surface area contributed by atoms with Crippen molar-refractivity contribution in [3.63, 3.8) is 0 Å². The predicted octanol–water partition coefficient (Wildman–Crippen LogP) is 3.31. The minimum absolute atomic E-state index is 0.0487. The zero-order chi connectivity index (χ0) is 17.7. The van der Waals surface area contributed by atoms with Gasteiger partial charge in [-0.2, -0.15) is 0 Å². The molecule has 0 aliphatic rings. The van der Waals surface area contributed by atoms with Crippen LogP contribution in [0, 0.1) is 6.92 Å². The zero-order valence-corrected chi connectivity index (χ0v) is 15.5. The van der Waals surface area contributed by atoms with Gasteiger partial charge in [0.1, 0.15) is 15.5 Å². The van der Waals surface area contributed by atoms with Crippen LogP contribution >= 0.6 is 11.3 Å². The van der Waals surface area contributed by atoms with Gasteiger partial charge in [0.2, 0.25) is 0 Å². The summed E-state index contributed by atoms with van der Waals surface area (Å²) in [5, 5.41) is 3.85. The Labute approximate surface area is 145 Å². The quantitative estimate of drug-likeness (QED) is 0.563. The van der Waals surface area contributed by atoms with Gasteiger partial charge in [0, 0.05) is 0 Å². The van der Waals surface area contributed by atoms with Crippen molar-refractivity contribution in [2.75, 3.05) is 13.2 Å². The molecule has 0 saturated carbocycles. The molecule has 0 radical (unpaired) electrons. The average Bonchev–Trinajstić information content (AvgIpc) is 2.89. The van der Waals surface area contributed by atoms with Crippen LogP contribution in [0.25, 0.3) is 10.2 Å². The van der Waals surface area contributed by atoms with Crippen LogP contribution in [0.5, 0.6) is 0 Å². The van der Waals surface area contributed by atoms with E-state index in [1.807, 2.05) is 6.92 Å². The van der Waals surface area contributed by atoms with E-state index in [1.165, 1.54) is 24.2 Å². The van der Waals surface area contributed by atoms with E-state index in [-0.39, 0.29) is 11.6 Å². The standard InChI is InChI=1S/C17H25N3O3S/c1-5-7-8-9-18-11(4)14-19-15(21)12-10(3)13(17(22)23-6-2)24-16(12)20-14/h11,18H,5-9H2,1-4H3,(H,19,20,21)/t11-/m1/s1. The maximum atomic E-state index is 12.4. The summed E-state index contributed by atoms with van der Waals surface area (Å²) in [7, 11) is 0. The highest BCUT2D eigenvalue weighted by Gasteiger charge is 2.21. The van der Waals surface area contributed by atoms with E-state index in [0.29, 0.717) is 33.1 Å². The number of nitrogens with zero attached hydrogens (tertiary/aromatic N) is 1. The van der Waals surface area contributed by atoms with Gasteiger partial charge in [0.15, 0.2) is 0 Å². The molecule has 2 rings (SSSR count). The van der Waals surface area contributed by atoms with Gasteiger partial charge in [-0.15, -0.1) is 11.3 Å². The SMILES string of the molecule is CCCCCN[C@H](C)c1nc2sc(C(=O)OCC)c(C)c2c(=O)[nH]1. The van der Waals surface area contributed by atoms with Crippen LogP contribution < -0.4 is 10.9 Å². The summed E-state index contributed by atoms with van der Waals surface area (Å²) in [6.45, 7) is 8.84. The van der Waals surface area contributed by atoms with E-state index in [4.69, 9.17) is 4.74 Å². The highest BCUT2D eigenvalue weighted by atomic mass is 32.1. The molecule has 0 unspecified atom stereocenters. The molecule has 0 aliphatic heterocycles. The number of rotatable bonds is 8. The van der Waals surface area contributed by atoms with E-state index < -0.39 is 5.97 Å². The lowest BCUT2D eigenvalue weighted by Gasteiger charge is -2.12. The molecule has 7 heteroatoms. The summed E-state index contributed by atoms with van der Waals surface area (Å²) in [4.78, 5) is 32.9. The van der Waals surface area contributed by atoms with Crippen LogP contribution in [0.1, 0.15) is 67.1 Å². The topological polar surface area (TPSA) is 84.1 Å². The number of aryl methyl sites for hydroxylation is 1. The molecule has 0 saturated heterocycles. The van der Waals surface area contributed by atoms with Crippen LogP contribution in [0.4, 0.5) is 0 Å². The minimum Gasteiger partial charge on any atom is -0.462 e. The van der Waals surface area contributed by atoms with Gasteiger partial charge in [0.05, 0.1) is 18.0 Å². The number of esters is 1. The van der Waals surface area contributed by atoms with Crippen LogP contribution in [0.2, 0.25) is 0 Å². The number of aromatic amines is 1. The number of hydrogen-bond donors (Lipinski definition) is 2. The molecule has 0 aliphatic carbocycles. The number of carbonyl (C=O) groups is 1. The molecular formula is C17H25N3O3S. The lowest BCUT2D eigenvalue weighted by atomic mass is 10.2. The van der Waals surface area contributed by atoms with Crippen LogP contribution in [0.3, 0.4) is 0 Å². The Morgan fingerprint density at radius 1 is 1.38 bits per heavy atom. The van der Waals surface area contributed by atoms with Crippen LogP contribution in [-0.2, 0) is 4.74 Å². The third kappa shape index (κ3) is 4.02. The number of hydrogen-bond acceptors (Lipinski definition) is 6. The average molecular weight is 351 g/mol. The number of ether oxygens (including phenoxy) is 1. The van der Waals surface area contributed by atoms with Crippen molar-refractivity contribution >= 4 is 27.5 Å². The largest absolute Gasteiger partial charge is 0.462 e. The Kier molecular flexibility index (Phi) is 6.51. The second-order valence-electron chi connectivity index (χ2n) is 5.79. The first-order valence-electron chi connectivity index (χ1n) is 8.43. The Bertz CT molecular complexity index is 766. The molecule has 0 fully saturated rings. The van der Waals surface area contributed by atoms with Gasteiger partial charge in [-0.25, -0.2) is 9.78 Å². The Hall–Kier alpha value is -1.73. The van der Waals surface area contributed by atoms with Crippen LogP contribution in [-0.4, -0.2) is 29.1 Å². The summed E-state index contributed by atoms with van der Waals surface area (Å²) in [5.74, 6) is 0.199. The van der Waals surface area contributed by atoms with E-state index in [9.17, 15) is 9.59 Å². The number of nitrogens with one attached hydrogen (secondary N) is 2. The highest BCUT2D eigenvalue weighted by molar-refractivity contribution is 7.20. The van der Waals surface area contributed by atoms with Gasteiger partial charge in [-0.05, 0) is 39.3 Å². The fourth-order valence-electron chi connectivity index (χ4n) is 2.55. The fourth-order valence-corrected chi connectivity index (χ4v) is 3.63. The maximum absolute atomic E-state index is 12.4. The molecular weight excluding hydrogens is 326 g/mol. The smallest absolute Gasteiger partial charge is 0.348 e. The summed E-state index contributed by atoms with van der Waals surface area (Å²) in [5.41, 5.74) is 0.429. The van der Waals surface area contributed by atoms with Crippen molar-refractivity contribution in [3.8, 4) is 0 Å². The van der Waals surface area contributed by atoms with E-state index in [1.54, 1.807) is 13.8 Å². The van der Waals surface area contributed by atoms with Crippen molar-refractivity contribution < 1.29 is 9.53 Å². The number of fused-ring (bicyclic) bond motifs is 1. The third-order valence-electron chi connectivity index (χ3n) is 3.92. The van der Waals surface area contributed by atoms with Crippen molar-refractivity contribution in [2.24, 2.45) is 0 Å². The zero-order valence-electron chi connectivity index (χ0n) is 14.7. The van der Waals surface area contributed by atoms with Gasteiger partial charge >= 0.3 is 5.97 Å². The molecule has 2 heterocycles. The number of aromatic nitrogens is 2. The first-order chi connectivity index (χ1) is 11.5. The molecule has 2 aromatic heterocycles. The summed E-state index contributed by atoms with van der Waals surface area (Å²) >= 11 is 1.22. The highest BCUT2D eigenvalue weighted by Crippen LogP contribution is 2.28. The van der Waals surface area contributed by atoms with E-state index in [2.05, 4.69) is 22.2 Å². The normalized spacial score (nSPS) is 12.5. The molecule has 0 aromatic carbocycles. The number of unbranched alkanes of at least 4 members (excludes halogenated alkanes) is 2. The number of carbonyl (C=O) groups excluding carboxylic acids is 1. The van der Waals surface area contributed by atoms with Gasteiger partial charge in [-0.1, -0.05) is 19.8 Å². The van der Waals surface area contributed by atoms with Crippen molar-refractivity contribution in [2.45, 2.75) is 53.0 Å². The van der Waals surface area contributed by atoms with Gasteiger partial charge in [0.25, 0.3) is 5.56 Å². The van der Waals surface area contributed by atoms with Gasteiger partial charge in [-0.3, -0.25) is 4.79 Å². The Morgan fingerprint density at radius 2 is 2.12 bits per heavy atom. The van der Waals surface area contributed by atoms with E-state index >= 15 is 0 Å². The summed E-state index contributed by atoms with van der Waals surface area (Å²) in [6, 6.07) is -0.0487. The summed E-state index contributed by atoms with van der Waals surface area (Å²) < 4.78 is 5.05. The molecule has 1 atom stereocenters. The maximum Gasteiger partial charge on any atom is 0.348 e. The lowest BCUT2D eigenvalue weighted by Crippen LogP contribution is -2.24. The van der Waals surface area contributed by atoms with Crippen LogP contribution in [0.15, 0.2) is 4.79 Å². The minimum atomic E-state index is -0.398. The predicted molar refractivity (Wildman–Crippen MR) is 96.9 cm³/mol. The lowest BCUT2D eigenvalue weighted by molar-refractivity contribution is 0.0531. The first kappa shape index (κ1) is 18.6. The summed E-state index contributed by atoms with van der Waals surface area (Å²) in [6.07, 6.45) is 3.44. The molecule has 0 spiro atoms. The van der Waals surface area contributed by atoms with Crippen molar-refractivity contribution in [1.82, 2.24) is 15.3 Å². The number of thiophene rings is 1.